The molecule has 3 nitrogen and oxygen atoms in total. The van der Waals surface area contributed by atoms with Crippen molar-refractivity contribution in [1.82, 2.24) is 5.32 Å². The Hall–Kier alpha value is -1.52. The molecule has 1 aromatic carbocycles. The summed E-state index contributed by atoms with van der Waals surface area (Å²) in [7, 11) is 0. The highest BCUT2D eigenvalue weighted by molar-refractivity contribution is 7.12. The molecule has 3 aliphatic rings. The number of hydrogen-bond acceptors (Lipinski definition) is 4. The van der Waals surface area contributed by atoms with E-state index in [4.69, 9.17) is 0 Å². The van der Waals surface area contributed by atoms with Gasteiger partial charge in [0.15, 0.2) is 11.5 Å². The van der Waals surface area contributed by atoms with Crippen LogP contribution in [0.3, 0.4) is 0 Å². The van der Waals surface area contributed by atoms with Gasteiger partial charge in [-0.15, -0.1) is 11.3 Å². The van der Waals surface area contributed by atoms with Gasteiger partial charge in [0.1, 0.15) is 0 Å². The van der Waals surface area contributed by atoms with Crippen molar-refractivity contribution in [3.63, 3.8) is 0 Å². The highest BCUT2D eigenvalue weighted by Gasteiger charge is 2.37. The first-order valence-corrected chi connectivity index (χ1v) is 10.4. The summed E-state index contributed by atoms with van der Waals surface area (Å²) in [6, 6.07) is 6.49. The summed E-state index contributed by atoms with van der Waals surface area (Å²) in [5.74, 6) is 1.08. The zero-order valence-corrected chi connectivity index (χ0v) is 15.2. The Morgan fingerprint density at radius 1 is 0.920 bits per heavy atom. The third-order valence-electron chi connectivity index (χ3n) is 6.43. The van der Waals surface area contributed by atoms with Crippen LogP contribution >= 0.6 is 11.3 Å². The van der Waals surface area contributed by atoms with E-state index >= 15 is 0 Å². The smallest absolute Gasteiger partial charge is 0.157 e. The lowest BCUT2D eigenvalue weighted by atomic mass is 9.73. The second-order valence-electron chi connectivity index (χ2n) is 7.91. The first-order valence-electron chi connectivity index (χ1n) is 9.61. The number of thiophene rings is 1. The molecule has 2 aliphatic carbocycles. The van der Waals surface area contributed by atoms with Crippen LogP contribution in [-0.2, 0) is 13.0 Å². The van der Waals surface area contributed by atoms with Crippen molar-refractivity contribution in [2.24, 2.45) is 0 Å². The zero-order chi connectivity index (χ0) is 17.0. The van der Waals surface area contributed by atoms with E-state index in [2.05, 4.69) is 11.4 Å². The topological polar surface area (TPSA) is 52.5 Å². The van der Waals surface area contributed by atoms with Gasteiger partial charge in [0, 0.05) is 28.3 Å². The van der Waals surface area contributed by atoms with Crippen LogP contribution < -0.4 is 5.32 Å². The Bertz CT molecular complexity index is 806. The number of rotatable bonds is 1. The van der Waals surface area contributed by atoms with E-state index in [0.717, 1.165) is 25.3 Å². The van der Waals surface area contributed by atoms with Crippen LogP contribution in [0, 0.1) is 0 Å². The minimum atomic E-state index is 0.00857. The molecule has 0 amide bonds. The number of aryl methyl sites for hydroxylation is 1. The van der Waals surface area contributed by atoms with E-state index in [1.807, 2.05) is 11.3 Å². The standard InChI is InChI=1S/C21H25NO2S/c23-17-8-13-6-7-16-21(14(13)9-18(17)24)15-10-19(25-20(15)11-22-16)12-4-2-1-3-5-12/h8-10,12,16,21-24H,1-7,11H2/t16-,21+/m1/s1. The largest absolute Gasteiger partial charge is 0.504 e. The molecule has 1 saturated carbocycles. The van der Waals surface area contributed by atoms with Crippen LogP contribution in [-0.4, -0.2) is 16.3 Å². The van der Waals surface area contributed by atoms with Crippen LogP contribution in [0.2, 0.25) is 0 Å². The molecule has 0 spiro atoms. The molecule has 5 rings (SSSR count). The van der Waals surface area contributed by atoms with Crippen LogP contribution in [0.1, 0.15) is 76.8 Å². The monoisotopic (exact) mass is 355 g/mol. The molecule has 4 heteroatoms. The average molecular weight is 356 g/mol. The fourth-order valence-corrected chi connectivity index (χ4v) is 6.45. The summed E-state index contributed by atoms with van der Waals surface area (Å²) in [6.45, 7) is 0.979. The van der Waals surface area contributed by atoms with E-state index in [0.29, 0.717) is 12.0 Å². The van der Waals surface area contributed by atoms with E-state index in [1.165, 1.54) is 53.7 Å². The Balaban J connectivity index is 1.57. The van der Waals surface area contributed by atoms with Crippen molar-refractivity contribution in [1.29, 1.82) is 0 Å². The number of benzene rings is 1. The Kier molecular flexibility index (Phi) is 3.79. The normalized spacial score (nSPS) is 25.9. The highest BCUT2D eigenvalue weighted by atomic mass is 32.1. The van der Waals surface area contributed by atoms with Crippen molar-refractivity contribution in [3.8, 4) is 11.5 Å². The van der Waals surface area contributed by atoms with E-state index in [9.17, 15) is 10.2 Å². The molecule has 0 bridgehead atoms. The van der Waals surface area contributed by atoms with Gasteiger partial charge >= 0.3 is 0 Å². The van der Waals surface area contributed by atoms with Gasteiger partial charge < -0.3 is 15.5 Å². The quantitative estimate of drug-likeness (QED) is 0.647. The van der Waals surface area contributed by atoms with Gasteiger partial charge in [-0.05, 0) is 66.5 Å². The molecule has 2 aromatic rings. The first-order chi connectivity index (χ1) is 12.2. The molecule has 0 unspecified atom stereocenters. The highest BCUT2D eigenvalue weighted by Crippen LogP contribution is 2.48. The minimum absolute atomic E-state index is 0.00857. The molecule has 1 aliphatic heterocycles. The lowest BCUT2D eigenvalue weighted by Crippen LogP contribution is -2.41. The number of phenolic OH excluding ortho intramolecular Hbond substituents is 2. The molecule has 2 heterocycles. The van der Waals surface area contributed by atoms with E-state index < -0.39 is 0 Å². The molecule has 0 radical (unpaired) electrons. The van der Waals surface area contributed by atoms with Gasteiger partial charge in [-0.1, -0.05) is 19.3 Å². The van der Waals surface area contributed by atoms with Crippen LogP contribution in [0.5, 0.6) is 11.5 Å². The number of aromatic hydroxyl groups is 2. The Morgan fingerprint density at radius 3 is 2.56 bits per heavy atom. The summed E-state index contributed by atoms with van der Waals surface area (Å²) in [4.78, 5) is 3.05. The summed E-state index contributed by atoms with van der Waals surface area (Å²) in [5, 5.41) is 23.7. The van der Waals surface area contributed by atoms with Crippen molar-refractivity contribution >= 4 is 11.3 Å². The van der Waals surface area contributed by atoms with Crippen molar-refractivity contribution in [2.75, 3.05) is 0 Å². The van der Waals surface area contributed by atoms with Crippen molar-refractivity contribution in [2.45, 2.75) is 69.4 Å². The van der Waals surface area contributed by atoms with Gasteiger partial charge in [-0.2, -0.15) is 0 Å². The zero-order valence-electron chi connectivity index (χ0n) is 14.4. The maximum Gasteiger partial charge on any atom is 0.157 e. The summed E-state index contributed by atoms with van der Waals surface area (Å²) >= 11 is 2.01. The average Bonchev–Trinajstić information content (AvgIpc) is 3.07. The number of phenols is 2. The summed E-state index contributed by atoms with van der Waals surface area (Å²) in [5.41, 5.74) is 3.87. The molecule has 25 heavy (non-hydrogen) atoms. The predicted octanol–water partition coefficient (Wildman–Crippen LogP) is 4.76. The van der Waals surface area contributed by atoms with E-state index in [-0.39, 0.29) is 11.5 Å². The third kappa shape index (κ3) is 2.58. The predicted molar refractivity (Wildman–Crippen MR) is 101 cm³/mol. The van der Waals surface area contributed by atoms with Gasteiger partial charge in [0.25, 0.3) is 0 Å². The Morgan fingerprint density at radius 2 is 1.72 bits per heavy atom. The summed E-state index contributed by atoms with van der Waals surface area (Å²) < 4.78 is 0. The lowest BCUT2D eigenvalue weighted by Gasteiger charge is -2.38. The molecule has 132 valence electrons. The minimum Gasteiger partial charge on any atom is -0.504 e. The van der Waals surface area contributed by atoms with Gasteiger partial charge in [-0.3, -0.25) is 0 Å². The first kappa shape index (κ1) is 15.7. The molecule has 3 N–H and O–H groups in total. The number of fused-ring (bicyclic) bond motifs is 5. The Labute approximate surface area is 152 Å². The lowest BCUT2D eigenvalue weighted by molar-refractivity contribution is 0.382. The molecular weight excluding hydrogens is 330 g/mol. The van der Waals surface area contributed by atoms with Gasteiger partial charge in [0.2, 0.25) is 0 Å². The van der Waals surface area contributed by atoms with Crippen LogP contribution in [0.15, 0.2) is 18.2 Å². The molecule has 1 fully saturated rings. The van der Waals surface area contributed by atoms with Gasteiger partial charge in [-0.25, -0.2) is 0 Å². The fraction of sp³-hybridized carbons (Fsp3) is 0.524. The van der Waals surface area contributed by atoms with Gasteiger partial charge in [0.05, 0.1) is 0 Å². The van der Waals surface area contributed by atoms with E-state index in [1.54, 1.807) is 17.0 Å². The molecule has 1 aromatic heterocycles. The molecule has 0 saturated heterocycles. The number of hydrogen-bond donors (Lipinski definition) is 3. The SMILES string of the molecule is Oc1cc2c(cc1O)[C@H]1c3cc(C4CCCCC4)sc3CN[C@@H]1CC2. The van der Waals surface area contributed by atoms with Crippen LogP contribution in [0.25, 0.3) is 0 Å². The maximum absolute atomic E-state index is 10.1. The third-order valence-corrected chi connectivity index (χ3v) is 7.74. The second kappa shape index (κ2) is 6.03. The fourth-order valence-electron chi connectivity index (χ4n) is 5.12. The maximum atomic E-state index is 10.1. The van der Waals surface area contributed by atoms with Crippen molar-refractivity contribution < 1.29 is 10.2 Å². The molecule has 2 atom stereocenters. The number of nitrogens with one attached hydrogen (secondary N) is 1. The molecular formula is C21H25NO2S. The van der Waals surface area contributed by atoms with Crippen molar-refractivity contribution in [3.05, 3.63) is 44.6 Å². The van der Waals surface area contributed by atoms with Crippen LogP contribution in [0.4, 0.5) is 0 Å². The second-order valence-corrected chi connectivity index (χ2v) is 9.07. The summed E-state index contributed by atoms with van der Waals surface area (Å²) in [6.07, 6.45) is 8.87.